The molecule has 0 aliphatic carbocycles. The number of piperazine rings is 1. The summed E-state index contributed by atoms with van der Waals surface area (Å²) in [6, 6.07) is 0.686. The van der Waals surface area contributed by atoms with Crippen LogP contribution in [0.4, 0.5) is 0 Å². The smallest absolute Gasteiger partial charge is 0.0594 e. The molecule has 0 aromatic heterocycles. The van der Waals surface area contributed by atoms with Crippen LogP contribution in [-0.4, -0.2) is 80.5 Å². The van der Waals surface area contributed by atoms with Gasteiger partial charge in [0.15, 0.2) is 0 Å². The molecule has 0 radical (unpaired) electrons. The molecule has 1 rings (SSSR count). The maximum Gasteiger partial charge on any atom is 0.0594 e. The van der Waals surface area contributed by atoms with E-state index in [1.807, 2.05) is 11.8 Å². The second-order valence-electron chi connectivity index (χ2n) is 5.02. The fraction of sp³-hybridized carbons (Fsp3) is 1.00. The third kappa shape index (κ3) is 6.95. The topological polar surface area (TPSA) is 27.7 Å². The second-order valence-corrected chi connectivity index (χ2v) is 5.88. The van der Waals surface area contributed by atoms with Gasteiger partial charge in [0, 0.05) is 51.2 Å². The van der Waals surface area contributed by atoms with E-state index in [-0.39, 0.29) is 0 Å². The summed E-state index contributed by atoms with van der Waals surface area (Å²) in [6.45, 7) is 13.1. The summed E-state index contributed by atoms with van der Waals surface area (Å²) in [5.41, 5.74) is 0. The second kappa shape index (κ2) is 10.0. The molecule has 0 aromatic carbocycles. The lowest BCUT2D eigenvalue weighted by atomic mass is 10.2. The van der Waals surface area contributed by atoms with Crippen LogP contribution in [0.1, 0.15) is 13.8 Å². The lowest BCUT2D eigenvalue weighted by Crippen LogP contribution is -2.49. The minimum Gasteiger partial charge on any atom is -0.379 e. The maximum absolute atomic E-state index is 5.63. The molecule has 1 heterocycles. The first kappa shape index (κ1) is 16.2. The predicted molar refractivity (Wildman–Crippen MR) is 80.4 cm³/mol. The Balaban J connectivity index is 1.91. The molecular weight excluding hydrogens is 246 g/mol. The highest BCUT2D eigenvalue weighted by Crippen LogP contribution is 2.05. The Kier molecular flexibility index (Phi) is 9.06. The van der Waals surface area contributed by atoms with Crippen molar-refractivity contribution in [3.05, 3.63) is 0 Å². The van der Waals surface area contributed by atoms with Crippen molar-refractivity contribution in [1.82, 2.24) is 15.1 Å². The van der Waals surface area contributed by atoms with E-state index in [1.165, 1.54) is 26.2 Å². The minimum absolute atomic E-state index is 0.686. The minimum atomic E-state index is 0.686. The molecule has 108 valence electrons. The molecule has 0 bridgehead atoms. The van der Waals surface area contributed by atoms with Gasteiger partial charge in [0.2, 0.25) is 0 Å². The van der Waals surface area contributed by atoms with Crippen LogP contribution in [0.5, 0.6) is 0 Å². The van der Waals surface area contributed by atoms with Crippen LogP contribution < -0.4 is 5.32 Å². The molecule has 0 unspecified atom stereocenters. The highest BCUT2D eigenvalue weighted by Gasteiger charge is 2.17. The zero-order valence-electron chi connectivity index (χ0n) is 12.2. The van der Waals surface area contributed by atoms with Gasteiger partial charge in [0.1, 0.15) is 0 Å². The van der Waals surface area contributed by atoms with Gasteiger partial charge in [-0.2, -0.15) is 0 Å². The lowest BCUT2D eigenvalue weighted by Gasteiger charge is -2.36. The summed E-state index contributed by atoms with van der Waals surface area (Å²) in [5, 5.41) is 3.31. The van der Waals surface area contributed by atoms with Gasteiger partial charge in [0.25, 0.3) is 0 Å². The van der Waals surface area contributed by atoms with Crippen LogP contribution in [0.3, 0.4) is 0 Å². The molecular formula is C13H29N3OS. The Bertz CT molecular complexity index is 197. The Hall–Kier alpha value is 0.190. The zero-order valence-corrected chi connectivity index (χ0v) is 13.0. The number of rotatable bonds is 9. The van der Waals surface area contributed by atoms with Crippen LogP contribution in [0, 0.1) is 0 Å². The van der Waals surface area contributed by atoms with Crippen molar-refractivity contribution in [3.63, 3.8) is 0 Å². The molecule has 1 aliphatic rings. The molecule has 5 heteroatoms. The van der Waals surface area contributed by atoms with E-state index in [1.54, 1.807) is 0 Å². The Labute approximate surface area is 116 Å². The Morgan fingerprint density at radius 1 is 1.17 bits per heavy atom. The molecule has 1 aliphatic heterocycles. The van der Waals surface area contributed by atoms with Gasteiger partial charge in [-0.3, -0.25) is 9.80 Å². The number of nitrogens with zero attached hydrogens (tertiary/aromatic N) is 2. The summed E-state index contributed by atoms with van der Waals surface area (Å²) < 4.78 is 5.63. The molecule has 1 fully saturated rings. The summed E-state index contributed by atoms with van der Waals surface area (Å²) in [7, 11) is 0. The normalized spacial score (nSPS) is 18.7. The van der Waals surface area contributed by atoms with Crippen molar-refractivity contribution in [2.24, 2.45) is 0 Å². The first-order chi connectivity index (χ1) is 8.74. The van der Waals surface area contributed by atoms with E-state index >= 15 is 0 Å². The lowest BCUT2D eigenvalue weighted by molar-refractivity contribution is 0.0677. The van der Waals surface area contributed by atoms with Gasteiger partial charge >= 0.3 is 0 Å². The number of thioether (sulfide) groups is 1. The number of hydrogen-bond acceptors (Lipinski definition) is 5. The van der Waals surface area contributed by atoms with Crippen LogP contribution in [0.2, 0.25) is 0 Å². The average Bonchev–Trinajstić information content (AvgIpc) is 2.38. The number of hydrogen-bond donors (Lipinski definition) is 1. The first-order valence-electron chi connectivity index (χ1n) is 6.98. The van der Waals surface area contributed by atoms with Crippen molar-refractivity contribution in [3.8, 4) is 0 Å². The van der Waals surface area contributed by atoms with Crippen molar-refractivity contribution in [2.45, 2.75) is 19.9 Å². The van der Waals surface area contributed by atoms with Crippen molar-refractivity contribution < 1.29 is 4.74 Å². The highest BCUT2D eigenvalue weighted by molar-refractivity contribution is 7.98. The fourth-order valence-corrected chi connectivity index (χ4v) is 2.47. The average molecular weight is 275 g/mol. The number of ether oxygens (including phenoxy) is 1. The van der Waals surface area contributed by atoms with E-state index in [4.69, 9.17) is 4.74 Å². The first-order valence-corrected chi connectivity index (χ1v) is 8.37. The molecule has 1 N–H and O–H groups in total. The number of nitrogens with one attached hydrogen (secondary N) is 1. The van der Waals surface area contributed by atoms with Gasteiger partial charge in [0.05, 0.1) is 13.2 Å². The summed E-state index contributed by atoms with van der Waals surface area (Å²) in [4.78, 5) is 5.05. The summed E-state index contributed by atoms with van der Waals surface area (Å²) in [5.74, 6) is 1.01. The Morgan fingerprint density at radius 3 is 2.50 bits per heavy atom. The van der Waals surface area contributed by atoms with Gasteiger partial charge < -0.3 is 10.1 Å². The highest BCUT2D eigenvalue weighted by atomic mass is 32.2. The Morgan fingerprint density at radius 2 is 1.89 bits per heavy atom. The van der Waals surface area contributed by atoms with E-state index in [2.05, 4.69) is 35.2 Å². The standard InChI is InChI=1S/C13H29N3OS/c1-13(2)16-7-5-15(6-8-16)9-11-17-10-4-14-12-18-3/h13-14H,4-12H2,1-3H3. The zero-order chi connectivity index (χ0) is 13.2. The SMILES string of the molecule is CSCNCCOCCN1CCN(C(C)C)CC1. The van der Waals surface area contributed by atoms with Crippen LogP contribution in [0.25, 0.3) is 0 Å². The van der Waals surface area contributed by atoms with E-state index in [0.29, 0.717) is 6.04 Å². The van der Waals surface area contributed by atoms with Crippen molar-refractivity contribution in [1.29, 1.82) is 0 Å². The maximum atomic E-state index is 5.63. The summed E-state index contributed by atoms with van der Waals surface area (Å²) >= 11 is 1.81. The van der Waals surface area contributed by atoms with Gasteiger partial charge in [-0.15, -0.1) is 11.8 Å². The van der Waals surface area contributed by atoms with Crippen molar-refractivity contribution >= 4 is 11.8 Å². The van der Waals surface area contributed by atoms with Crippen molar-refractivity contribution in [2.75, 3.05) is 64.6 Å². The molecule has 1 saturated heterocycles. The largest absolute Gasteiger partial charge is 0.379 e. The van der Waals surface area contributed by atoms with E-state index in [9.17, 15) is 0 Å². The quantitative estimate of drug-likeness (QED) is 0.499. The van der Waals surface area contributed by atoms with Gasteiger partial charge in [-0.1, -0.05) is 0 Å². The molecule has 0 saturated carbocycles. The van der Waals surface area contributed by atoms with Gasteiger partial charge in [-0.25, -0.2) is 0 Å². The summed E-state index contributed by atoms with van der Waals surface area (Å²) in [6.07, 6.45) is 2.10. The van der Waals surface area contributed by atoms with Crippen LogP contribution in [0.15, 0.2) is 0 Å². The van der Waals surface area contributed by atoms with E-state index in [0.717, 1.165) is 32.2 Å². The van der Waals surface area contributed by atoms with Gasteiger partial charge in [-0.05, 0) is 20.1 Å². The third-order valence-corrected chi connectivity index (χ3v) is 3.85. The van der Waals surface area contributed by atoms with Crippen LogP contribution in [-0.2, 0) is 4.74 Å². The third-order valence-electron chi connectivity index (χ3n) is 3.36. The molecule has 4 nitrogen and oxygen atoms in total. The monoisotopic (exact) mass is 275 g/mol. The molecule has 0 amide bonds. The fourth-order valence-electron chi connectivity index (χ4n) is 2.12. The van der Waals surface area contributed by atoms with E-state index < -0.39 is 0 Å². The molecule has 0 spiro atoms. The van der Waals surface area contributed by atoms with Crippen LogP contribution >= 0.6 is 11.8 Å². The molecule has 0 atom stereocenters. The molecule has 18 heavy (non-hydrogen) atoms. The molecule has 0 aromatic rings. The predicted octanol–water partition coefficient (Wildman–Crippen LogP) is 0.939.